The molecule has 2 atom stereocenters. The van der Waals surface area contributed by atoms with Crippen molar-refractivity contribution in [3.63, 3.8) is 0 Å². The second kappa shape index (κ2) is 10.4. The number of amides is 1. The van der Waals surface area contributed by atoms with Gasteiger partial charge >= 0.3 is 0 Å². The maximum Gasteiger partial charge on any atom is 0.222 e. The van der Waals surface area contributed by atoms with Crippen LogP contribution in [0, 0.1) is 6.92 Å². The number of fused-ring (bicyclic) bond motifs is 3. The Morgan fingerprint density at radius 3 is 2.61 bits per heavy atom. The van der Waals surface area contributed by atoms with Gasteiger partial charge in [0.2, 0.25) is 5.91 Å². The van der Waals surface area contributed by atoms with E-state index in [1.54, 1.807) is 19.2 Å². The van der Waals surface area contributed by atoms with Gasteiger partial charge in [0.05, 0.1) is 36.6 Å². The van der Waals surface area contributed by atoms with E-state index in [9.17, 15) is 15.0 Å². The molecule has 0 saturated heterocycles. The number of halogens is 1. The maximum atomic E-state index is 12.9. The van der Waals surface area contributed by atoms with Gasteiger partial charge in [-0.1, -0.05) is 23.7 Å². The van der Waals surface area contributed by atoms with Crippen molar-refractivity contribution in [2.45, 2.75) is 51.4 Å². The van der Waals surface area contributed by atoms with Crippen LogP contribution in [-0.4, -0.2) is 62.0 Å². The highest BCUT2D eigenvalue weighted by molar-refractivity contribution is 6.30. The molecule has 1 aromatic heterocycles. The molecule has 1 aliphatic rings. The molecule has 3 aromatic rings. The van der Waals surface area contributed by atoms with Crippen LogP contribution >= 0.6 is 11.6 Å². The minimum absolute atomic E-state index is 0.0267. The van der Waals surface area contributed by atoms with Crippen molar-refractivity contribution in [2.75, 3.05) is 13.7 Å². The number of ether oxygens (including phenoxy) is 1. The number of aromatic nitrogens is 3. The van der Waals surface area contributed by atoms with Crippen molar-refractivity contribution < 1.29 is 19.7 Å². The number of nitrogens with one attached hydrogen (secondary N) is 1. The van der Waals surface area contributed by atoms with Crippen molar-refractivity contribution in [1.29, 1.82) is 0 Å². The quantitative estimate of drug-likeness (QED) is 0.427. The minimum Gasteiger partial charge on any atom is -0.497 e. The molecule has 1 amide bonds. The molecule has 2 aromatic carbocycles. The fraction of sp³-hybridized carbons (Fsp3) is 0.385. The first-order valence-electron chi connectivity index (χ1n) is 11.7. The third-order valence-corrected chi connectivity index (χ3v) is 6.44. The largest absolute Gasteiger partial charge is 0.497 e. The van der Waals surface area contributed by atoms with Gasteiger partial charge in [-0.2, -0.15) is 0 Å². The van der Waals surface area contributed by atoms with Gasteiger partial charge in [-0.25, -0.2) is 0 Å². The predicted octanol–water partition coefficient (Wildman–Crippen LogP) is 3.16. The highest BCUT2D eigenvalue weighted by Crippen LogP contribution is 2.34. The second-order valence-corrected chi connectivity index (χ2v) is 9.77. The minimum atomic E-state index is -1.25. The molecule has 0 radical (unpaired) electrons. The molecule has 3 N–H and O–H groups in total. The average molecular weight is 512 g/mol. The van der Waals surface area contributed by atoms with Crippen LogP contribution in [0.15, 0.2) is 47.5 Å². The number of aliphatic hydroxyl groups is 2. The standard InChI is InChI=1S/C26H30ClN5O4/c1-15-30-31-25-20(14-23(34)28-12-11-22(33)26(2,3)35)29-24(16-5-7-17(27)8-6-16)19-13-18(36-4)9-10-21(19)32(15)25/h5-10,13,20,22,33,35H,11-12,14H2,1-4H3,(H,28,34). The number of aliphatic imine (C=N–C) groups is 1. The lowest BCUT2D eigenvalue weighted by Gasteiger charge is -2.24. The van der Waals surface area contributed by atoms with E-state index in [-0.39, 0.29) is 25.3 Å². The van der Waals surface area contributed by atoms with E-state index in [0.29, 0.717) is 28.1 Å². The van der Waals surface area contributed by atoms with Crippen molar-refractivity contribution >= 4 is 23.2 Å². The average Bonchev–Trinajstić information content (AvgIpc) is 3.16. The summed E-state index contributed by atoms with van der Waals surface area (Å²) in [6, 6.07) is 12.5. The van der Waals surface area contributed by atoms with Crippen LogP contribution < -0.4 is 10.1 Å². The van der Waals surface area contributed by atoms with Crippen LogP contribution in [0.25, 0.3) is 5.69 Å². The first-order chi connectivity index (χ1) is 17.1. The Morgan fingerprint density at radius 1 is 1.22 bits per heavy atom. The lowest BCUT2D eigenvalue weighted by atomic mass is 9.99. The van der Waals surface area contributed by atoms with Crippen LogP contribution in [0.3, 0.4) is 0 Å². The number of carbonyl (C=O) groups excluding carboxylic acids is 1. The molecule has 2 heterocycles. The van der Waals surface area contributed by atoms with E-state index in [4.69, 9.17) is 21.3 Å². The summed E-state index contributed by atoms with van der Waals surface area (Å²) in [5.41, 5.74) is 1.92. The summed E-state index contributed by atoms with van der Waals surface area (Å²) in [4.78, 5) is 17.9. The summed E-state index contributed by atoms with van der Waals surface area (Å²) in [6.07, 6.45) is -0.709. The SMILES string of the molecule is COc1ccc2c(c1)C(c1ccc(Cl)cc1)=NC(CC(=O)NCCC(O)C(C)(C)O)c1nnc(C)n1-2. The molecular formula is C26H30ClN5O4. The summed E-state index contributed by atoms with van der Waals surface area (Å²) in [7, 11) is 1.61. The normalized spacial score (nSPS) is 15.9. The third kappa shape index (κ3) is 5.43. The monoisotopic (exact) mass is 511 g/mol. The molecule has 0 spiro atoms. The number of aliphatic hydroxyl groups excluding tert-OH is 1. The highest BCUT2D eigenvalue weighted by Gasteiger charge is 2.30. The zero-order chi connectivity index (χ0) is 26.0. The molecule has 190 valence electrons. The molecule has 0 bridgehead atoms. The van der Waals surface area contributed by atoms with Crippen LogP contribution in [0.2, 0.25) is 5.02 Å². The predicted molar refractivity (Wildman–Crippen MR) is 137 cm³/mol. The van der Waals surface area contributed by atoms with Crippen LogP contribution in [0.1, 0.15) is 55.5 Å². The Hall–Kier alpha value is -3.27. The lowest BCUT2D eigenvalue weighted by molar-refractivity contribution is -0.121. The van der Waals surface area contributed by atoms with E-state index in [0.717, 1.165) is 16.8 Å². The Kier molecular flexibility index (Phi) is 7.44. The van der Waals surface area contributed by atoms with E-state index in [1.807, 2.05) is 41.8 Å². The van der Waals surface area contributed by atoms with Crippen molar-refractivity contribution in [1.82, 2.24) is 20.1 Å². The van der Waals surface area contributed by atoms with E-state index >= 15 is 0 Å². The summed E-state index contributed by atoms with van der Waals surface area (Å²) in [5, 5.41) is 32.0. The van der Waals surface area contributed by atoms with Crippen molar-refractivity contribution in [3.8, 4) is 11.4 Å². The number of aryl methyl sites for hydroxylation is 1. The zero-order valence-electron chi connectivity index (χ0n) is 20.7. The fourth-order valence-electron chi connectivity index (χ4n) is 4.13. The van der Waals surface area contributed by atoms with Gasteiger partial charge in [0.25, 0.3) is 0 Å². The summed E-state index contributed by atoms with van der Waals surface area (Å²) >= 11 is 6.13. The maximum absolute atomic E-state index is 12.9. The Morgan fingerprint density at radius 2 is 1.94 bits per heavy atom. The molecule has 2 unspecified atom stereocenters. The van der Waals surface area contributed by atoms with E-state index < -0.39 is 17.7 Å². The number of rotatable bonds is 8. The Labute approximate surface area is 214 Å². The van der Waals surface area contributed by atoms with Crippen LogP contribution in [0.5, 0.6) is 5.75 Å². The van der Waals surface area contributed by atoms with Gasteiger partial charge < -0.3 is 20.3 Å². The number of carbonyl (C=O) groups is 1. The zero-order valence-corrected chi connectivity index (χ0v) is 21.5. The molecule has 10 heteroatoms. The van der Waals surface area contributed by atoms with Crippen LogP contribution in [0.4, 0.5) is 0 Å². The number of methoxy groups -OCH3 is 1. The van der Waals surface area contributed by atoms with Crippen LogP contribution in [-0.2, 0) is 4.79 Å². The molecule has 1 aliphatic heterocycles. The van der Waals surface area contributed by atoms with Gasteiger partial charge in [0.1, 0.15) is 17.6 Å². The topological polar surface area (TPSA) is 122 Å². The van der Waals surface area contributed by atoms with E-state index in [1.165, 1.54) is 13.8 Å². The van der Waals surface area contributed by atoms with Crippen molar-refractivity contribution in [2.24, 2.45) is 4.99 Å². The first kappa shape index (κ1) is 25.8. The fourth-order valence-corrected chi connectivity index (χ4v) is 4.25. The number of benzene rings is 2. The second-order valence-electron chi connectivity index (χ2n) is 9.34. The summed E-state index contributed by atoms with van der Waals surface area (Å²) < 4.78 is 7.40. The Bertz CT molecular complexity index is 1280. The van der Waals surface area contributed by atoms with Gasteiger partial charge in [-0.05, 0) is 57.5 Å². The van der Waals surface area contributed by atoms with Gasteiger partial charge in [0.15, 0.2) is 5.82 Å². The van der Waals surface area contributed by atoms with Gasteiger partial charge in [0, 0.05) is 22.7 Å². The lowest BCUT2D eigenvalue weighted by Crippen LogP contribution is -2.39. The summed E-state index contributed by atoms with van der Waals surface area (Å²) in [6.45, 7) is 5.13. The molecular weight excluding hydrogens is 482 g/mol. The number of hydrogen-bond acceptors (Lipinski definition) is 7. The third-order valence-electron chi connectivity index (χ3n) is 6.18. The Balaban J connectivity index is 1.71. The number of nitrogens with zero attached hydrogens (tertiary/aromatic N) is 4. The van der Waals surface area contributed by atoms with Crippen molar-refractivity contribution in [3.05, 3.63) is 70.3 Å². The molecule has 0 saturated carbocycles. The highest BCUT2D eigenvalue weighted by atomic mass is 35.5. The smallest absolute Gasteiger partial charge is 0.222 e. The molecule has 0 fully saturated rings. The summed E-state index contributed by atoms with van der Waals surface area (Å²) in [5.74, 6) is 1.64. The van der Waals surface area contributed by atoms with E-state index in [2.05, 4.69) is 15.5 Å². The first-order valence-corrected chi connectivity index (χ1v) is 12.1. The molecule has 36 heavy (non-hydrogen) atoms. The number of hydrogen-bond donors (Lipinski definition) is 3. The molecule has 4 rings (SSSR count). The molecule has 9 nitrogen and oxygen atoms in total. The van der Waals surface area contributed by atoms with Gasteiger partial charge in [-0.15, -0.1) is 10.2 Å². The van der Waals surface area contributed by atoms with Gasteiger partial charge in [-0.3, -0.25) is 14.4 Å². The molecule has 0 aliphatic carbocycles.